The van der Waals surface area contributed by atoms with Gasteiger partial charge in [0, 0.05) is 6.54 Å². The molecule has 3 amide bonds. The average Bonchev–Trinajstić information content (AvgIpc) is 3.23. The van der Waals surface area contributed by atoms with Crippen LogP contribution in [0.15, 0.2) is 30.3 Å². The average molecular weight is 331 g/mol. The van der Waals surface area contributed by atoms with Crippen LogP contribution in [0.2, 0.25) is 0 Å². The van der Waals surface area contributed by atoms with Crippen molar-refractivity contribution in [2.24, 2.45) is 0 Å². The molecule has 0 radical (unpaired) electrons. The third kappa shape index (κ3) is 2.74. The summed E-state index contributed by atoms with van der Waals surface area (Å²) in [5, 5.41) is 2.86. The maximum absolute atomic E-state index is 12.7. The molecule has 4 rings (SSSR count). The van der Waals surface area contributed by atoms with Crippen molar-refractivity contribution in [3.05, 3.63) is 35.9 Å². The summed E-state index contributed by atoms with van der Waals surface area (Å²) in [6, 6.07) is 9.12. The van der Waals surface area contributed by atoms with Crippen LogP contribution in [0.3, 0.4) is 0 Å². The molecule has 3 aliphatic heterocycles. The normalized spacial score (nSPS) is 26.3. The number of urea groups is 1. The lowest BCUT2D eigenvalue weighted by Crippen LogP contribution is -2.50. The van der Waals surface area contributed by atoms with Crippen LogP contribution in [0.4, 0.5) is 4.79 Å². The Balaban J connectivity index is 1.41. The molecule has 2 bridgehead atoms. The van der Waals surface area contributed by atoms with Crippen LogP contribution in [0, 0.1) is 0 Å². The van der Waals surface area contributed by atoms with Crippen LogP contribution in [0.1, 0.15) is 24.8 Å². The van der Waals surface area contributed by atoms with Gasteiger partial charge in [-0.05, 0) is 24.8 Å². The highest BCUT2D eigenvalue weighted by Gasteiger charge is 2.49. The van der Waals surface area contributed by atoms with E-state index in [4.69, 9.17) is 9.68 Å². The highest BCUT2D eigenvalue weighted by molar-refractivity contribution is 5.88. The number of carbonyl (C=O) groups is 2. The quantitative estimate of drug-likeness (QED) is 0.840. The van der Waals surface area contributed by atoms with Crippen molar-refractivity contribution in [1.82, 2.24) is 15.0 Å². The van der Waals surface area contributed by atoms with Crippen molar-refractivity contribution in [3.8, 4) is 0 Å². The zero-order valence-corrected chi connectivity index (χ0v) is 13.5. The highest BCUT2D eigenvalue weighted by atomic mass is 16.7. The predicted octanol–water partition coefficient (Wildman–Crippen LogP) is 1.55. The number of benzene rings is 1. The molecule has 1 aromatic carbocycles. The Hall–Kier alpha value is -2.12. The van der Waals surface area contributed by atoms with E-state index in [1.165, 1.54) is 10.1 Å². The molecular formula is C17H21N3O4. The van der Waals surface area contributed by atoms with Crippen molar-refractivity contribution in [2.75, 3.05) is 19.7 Å². The molecule has 0 N–H and O–H groups in total. The van der Waals surface area contributed by atoms with E-state index < -0.39 is 6.04 Å². The lowest BCUT2D eigenvalue weighted by molar-refractivity contribution is -0.174. The molecule has 0 spiro atoms. The number of nitrogens with zero attached hydrogens (tertiary/aromatic N) is 3. The van der Waals surface area contributed by atoms with Crippen molar-refractivity contribution in [2.45, 2.75) is 38.0 Å². The van der Waals surface area contributed by atoms with Gasteiger partial charge in [0.15, 0.2) is 0 Å². The molecule has 7 heteroatoms. The highest BCUT2D eigenvalue weighted by Crippen LogP contribution is 2.31. The lowest BCUT2D eigenvalue weighted by atomic mass is 10.0. The number of hydroxylamine groups is 4. The number of hydrogen-bond donors (Lipinski definition) is 0. The Morgan fingerprint density at radius 1 is 1.25 bits per heavy atom. The SMILES string of the molecule is O=C([C@@H]1CC[C@@H]2CN1C(=O)N2OCc1ccccc1)N1CCCO1. The van der Waals surface area contributed by atoms with E-state index >= 15 is 0 Å². The molecule has 24 heavy (non-hydrogen) atoms. The minimum absolute atomic E-state index is 0.0183. The van der Waals surface area contributed by atoms with Crippen LogP contribution in [-0.4, -0.2) is 58.7 Å². The zero-order valence-electron chi connectivity index (χ0n) is 13.5. The second-order valence-corrected chi connectivity index (χ2v) is 6.39. The molecule has 7 nitrogen and oxygen atoms in total. The van der Waals surface area contributed by atoms with Crippen molar-refractivity contribution >= 4 is 11.9 Å². The fourth-order valence-corrected chi connectivity index (χ4v) is 3.56. The summed E-state index contributed by atoms with van der Waals surface area (Å²) in [6.45, 7) is 2.07. The first-order valence-corrected chi connectivity index (χ1v) is 8.45. The Morgan fingerprint density at radius 2 is 2.08 bits per heavy atom. The van der Waals surface area contributed by atoms with E-state index in [0.717, 1.165) is 18.4 Å². The van der Waals surface area contributed by atoms with E-state index in [1.807, 2.05) is 30.3 Å². The van der Waals surface area contributed by atoms with Gasteiger partial charge in [0.25, 0.3) is 5.91 Å². The summed E-state index contributed by atoms with van der Waals surface area (Å²) >= 11 is 0. The minimum atomic E-state index is -0.433. The van der Waals surface area contributed by atoms with E-state index in [0.29, 0.717) is 32.7 Å². The fraction of sp³-hybridized carbons (Fsp3) is 0.529. The number of fused-ring (bicyclic) bond motifs is 2. The van der Waals surface area contributed by atoms with Gasteiger partial charge in [0.2, 0.25) is 0 Å². The molecule has 0 unspecified atom stereocenters. The van der Waals surface area contributed by atoms with Gasteiger partial charge < -0.3 is 4.90 Å². The van der Waals surface area contributed by atoms with E-state index in [1.54, 1.807) is 4.90 Å². The van der Waals surface area contributed by atoms with Crippen molar-refractivity contribution in [3.63, 3.8) is 0 Å². The maximum Gasteiger partial charge on any atom is 0.345 e. The number of amides is 3. The molecule has 0 aliphatic carbocycles. The van der Waals surface area contributed by atoms with Crippen molar-refractivity contribution < 1.29 is 19.3 Å². The first-order valence-electron chi connectivity index (χ1n) is 8.45. The molecule has 3 saturated heterocycles. The molecule has 3 heterocycles. The number of carbonyl (C=O) groups excluding carboxylic acids is 2. The number of hydrogen-bond acceptors (Lipinski definition) is 4. The Kier molecular flexibility index (Phi) is 4.12. The van der Waals surface area contributed by atoms with Crippen LogP contribution < -0.4 is 0 Å². The predicted molar refractivity (Wildman–Crippen MR) is 84.3 cm³/mol. The summed E-state index contributed by atoms with van der Waals surface area (Å²) in [5.41, 5.74) is 1.01. The first kappa shape index (κ1) is 15.4. The summed E-state index contributed by atoms with van der Waals surface area (Å²) in [7, 11) is 0. The minimum Gasteiger partial charge on any atom is -0.309 e. The Morgan fingerprint density at radius 3 is 2.83 bits per heavy atom. The van der Waals surface area contributed by atoms with Crippen molar-refractivity contribution in [1.29, 1.82) is 0 Å². The summed E-state index contributed by atoms with van der Waals surface area (Å²) in [6.07, 6.45) is 2.27. The third-order valence-corrected chi connectivity index (χ3v) is 4.82. The molecule has 0 saturated carbocycles. The largest absolute Gasteiger partial charge is 0.345 e. The van der Waals surface area contributed by atoms with Gasteiger partial charge >= 0.3 is 6.03 Å². The molecule has 3 fully saturated rings. The van der Waals surface area contributed by atoms with Gasteiger partial charge in [-0.1, -0.05) is 30.3 Å². The topological polar surface area (TPSA) is 62.3 Å². The first-order chi connectivity index (χ1) is 11.7. The molecule has 1 aromatic rings. The van der Waals surface area contributed by atoms with Crippen LogP contribution in [0.25, 0.3) is 0 Å². The Bertz CT molecular complexity index is 618. The second kappa shape index (κ2) is 6.41. The smallest absolute Gasteiger partial charge is 0.309 e. The Labute approximate surface area is 140 Å². The van der Waals surface area contributed by atoms with Gasteiger partial charge in [-0.2, -0.15) is 5.06 Å². The maximum atomic E-state index is 12.7. The van der Waals surface area contributed by atoms with Gasteiger partial charge in [-0.15, -0.1) is 0 Å². The molecule has 2 atom stereocenters. The van der Waals surface area contributed by atoms with E-state index in [2.05, 4.69) is 0 Å². The standard InChI is InChI=1S/C17H21N3O4/c21-16(19-9-4-10-23-19)15-8-7-14-11-18(15)17(22)20(14)24-12-13-5-2-1-3-6-13/h1-3,5-6,14-15H,4,7-12H2/t14-,15+/m1/s1. The molecular weight excluding hydrogens is 310 g/mol. The lowest BCUT2D eigenvalue weighted by Gasteiger charge is -2.31. The summed E-state index contributed by atoms with van der Waals surface area (Å²) < 4.78 is 0. The van der Waals surface area contributed by atoms with E-state index in [9.17, 15) is 9.59 Å². The number of rotatable bonds is 4. The van der Waals surface area contributed by atoms with Gasteiger partial charge in [0.05, 0.1) is 19.2 Å². The number of piperidine rings is 1. The fourth-order valence-electron chi connectivity index (χ4n) is 3.56. The van der Waals surface area contributed by atoms with Gasteiger partial charge in [-0.25, -0.2) is 9.86 Å². The van der Waals surface area contributed by atoms with Crippen LogP contribution in [-0.2, 0) is 21.1 Å². The molecule has 0 aromatic heterocycles. The summed E-state index contributed by atoms with van der Waals surface area (Å²) in [4.78, 5) is 37.9. The molecule has 3 aliphatic rings. The molecule has 128 valence electrons. The van der Waals surface area contributed by atoms with E-state index in [-0.39, 0.29) is 18.0 Å². The summed E-state index contributed by atoms with van der Waals surface area (Å²) in [5.74, 6) is -0.107. The zero-order chi connectivity index (χ0) is 16.5. The van der Waals surface area contributed by atoms with Gasteiger partial charge in [0.1, 0.15) is 12.6 Å². The van der Waals surface area contributed by atoms with Gasteiger partial charge in [-0.3, -0.25) is 14.5 Å². The van der Waals surface area contributed by atoms with Crippen LogP contribution in [0.5, 0.6) is 0 Å². The third-order valence-electron chi connectivity index (χ3n) is 4.82. The monoisotopic (exact) mass is 331 g/mol. The van der Waals surface area contributed by atoms with Crippen LogP contribution >= 0.6 is 0 Å². The second-order valence-electron chi connectivity index (χ2n) is 6.39.